The molecule has 89 heteroatoms. The first-order valence-corrected chi connectivity index (χ1v) is 57.1. The van der Waals surface area contributed by atoms with Gasteiger partial charge < -0.3 is 156 Å². The largest absolute Gasteiger partial charge is 0.756 e. The van der Waals surface area contributed by atoms with Crippen molar-refractivity contribution in [2.75, 3.05) is 44.6 Å². The average Bonchev–Trinajstić information content (AvgIpc) is 1.62. The number of ketones is 1. The molecular weight excluding hydrogens is 2250 g/mol. The molecular formula is C58H74N26O51P12-12. The van der Waals surface area contributed by atoms with E-state index in [0.717, 1.165) is 4.57 Å². The normalized spacial score (nSPS) is 26.1. The van der Waals surface area contributed by atoms with Crippen molar-refractivity contribution >= 4 is 140 Å². The number of nitrogen functional groups attached to an aromatic ring is 2. The predicted molar refractivity (Wildman–Crippen MR) is 449 cm³/mol. The summed E-state index contributed by atoms with van der Waals surface area (Å²) in [5.41, 5.74) is 46.7. The lowest BCUT2D eigenvalue weighted by Crippen LogP contribution is -2.42. The molecule has 6 aliphatic heterocycles. The first kappa shape index (κ1) is 125. The number of nitrogens with two attached hydrogens (primary N) is 2. The molecule has 1 amide bonds. The Bertz CT molecular complexity index is 6550. The predicted octanol–water partition coefficient (Wildman–Crippen LogP) is -1.41. The van der Waals surface area contributed by atoms with Gasteiger partial charge in [-0.15, -0.1) is 24.2 Å². The van der Waals surface area contributed by atoms with Crippen LogP contribution in [0.25, 0.3) is 52.9 Å². The Morgan fingerprint density at radius 2 is 0.959 bits per heavy atom. The highest BCUT2D eigenvalue weighted by Gasteiger charge is 2.47. The van der Waals surface area contributed by atoms with Crippen LogP contribution in [0.3, 0.4) is 0 Å². The van der Waals surface area contributed by atoms with Crippen LogP contribution in [-0.2, 0) is 150 Å². The second-order valence-electron chi connectivity index (χ2n) is 28.7. The van der Waals surface area contributed by atoms with Crippen LogP contribution in [0, 0.1) is 35.5 Å². The number of phosphoric ester groups is 4. The molecule has 814 valence electrons. The van der Waals surface area contributed by atoms with Gasteiger partial charge in [0.15, 0.2) is 28.8 Å². The SMILES string of the molecule is C#CCCC(N=[N+]=[N-])OC1C[C@H](n2ccc(N)nc2=O)O[C@@H]1COP(=O)([O-])OP(=O)([O-])OP(=O)([O-])O.C=C1NC(=O)C(C)=CN1[C@H]1CC(OC(CCC#N)N=[N+]=[N-])[C@@H](COP(=O)([O-])OP(=O)([O-])OP(=O)([O-])O)O1.CC#CCCC(N=[N+]=[N-])OC1C[C@H](n2cnc3c(N)ncnc32)O[C@@H]1COP(=O)([O-])OP(=O)([O-])OP(=O)([O-])O.CC1=Nc2c(ncn2[C@H]2CC(OCN=[N+]=[N-])[C@@H](COP(=O)([O-])OP(=O)([O-])OP(=O)([O-])O)O2)C(=O)C1. The number of fused-ring (bicyclic) bond motifs is 2. The lowest BCUT2D eigenvalue weighted by Gasteiger charge is -2.34. The number of carbonyl (C=O) groups excluding carboxylic acids is 2. The fraction of sp³-hybridized carbons (Fsp3) is 0.586. The van der Waals surface area contributed by atoms with Gasteiger partial charge in [0, 0.05) is 88.3 Å². The number of nitrogens with one attached hydrogen (secondary N) is 1. The lowest BCUT2D eigenvalue weighted by atomic mass is 10.1. The molecule has 0 aliphatic carbocycles. The zero-order valence-corrected chi connectivity index (χ0v) is 84.7. The minimum atomic E-state index is -6.12. The Morgan fingerprint density at radius 1 is 0.558 bits per heavy atom. The molecule has 0 saturated carbocycles. The van der Waals surface area contributed by atoms with Gasteiger partial charge in [-0.25, -0.2) is 64.2 Å². The average molecular weight is 2320 g/mol. The maximum Gasteiger partial charge on any atom is 0.351 e. The second kappa shape index (κ2) is 54.2. The third-order valence-corrected chi connectivity index (χ3v) is 32.8. The summed E-state index contributed by atoms with van der Waals surface area (Å²) in [5.74, 6) is 7.39. The number of terminal acetylenes is 1. The molecule has 4 aromatic rings. The van der Waals surface area contributed by atoms with Crippen molar-refractivity contribution in [3.8, 4) is 30.3 Å². The van der Waals surface area contributed by atoms with Crippen LogP contribution in [0.2, 0.25) is 0 Å². The van der Waals surface area contributed by atoms with Crippen molar-refractivity contribution in [3.63, 3.8) is 0 Å². The number of imidazole rings is 2. The zero-order valence-electron chi connectivity index (χ0n) is 74.0. The van der Waals surface area contributed by atoms with Gasteiger partial charge in [0.1, 0.15) is 98.2 Å². The van der Waals surface area contributed by atoms with Gasteiger partial charge in [0.05, 0.1) is 76.0 Å². The Morgan fingerprint density at radius 3 is 1.37 bits per heavy atom. The molecule has 147 heavy (non-hydrogen) atoms. The molecule has 27 atom stereocenters. The van der Waals surface area contributed by atoms with E-state index in [0.29, 0.717) is 12.1 Å². The molecule has 0 radical (unpaired) electrons. The molecule has 0 spiro atoms. The second-order valence-corrected chi connectivity index (χ2v) is 45.9. The summed E-state index contributed by atoms with van der Waals surface area (Å²) < 4.78 is 230. The number of azide groups is 4. The van der Waals surface area contributed by atoms with Gasteiger partial charge in [0.2, 0.25) is 0 Å². The minimum Gasteiger partial charge on any atom is -0.756 e. The van der Waals surface area contributed by atoms with Crippen molar-refractivity contribution in [3.05, 3.63) is 113 Å². The number of ether oxygens (including phenoxy) is 8. The highest BCUT2D eigenvalue weighted by Crippen LogP contribution is 2.66. The maximum absolute atomic E-state index is 12.2. The van der Waals surface area contributed by atoms with E-state index in [1.165, 1.54) is 58.4 Å². The number of Topliss-reactive ketones (excluding diaryl/α,β-unsaturated/α-hetero) is 1. The van der Waals surface area contributed by atoms with E-state index in [4.69, 9.17) is 103 Å². The quantitative estimate of drug-likeness (QED) is 0.00878. The smallest absolute Gasteiger partial charge is 0.351 e. The molecule has 4 aromatic heterocycles. The molecule has 9 N–H and O–H groups in total. The first-order valence-electron chi connectivity index (χ1n) is 39.5. The number of anilines is 2. The number of rotatable bonds is 50. The summed E-state index contributed by atoms with van der Waals surface area (Å²) in [6.07, 6.45) is -4.34. The van der Waals surface area contributed by atoms with Gasteiger partial charge in [-0.1, -0.05) is 27.0 Å². The molecule has 4 fully saturated rings. The summed E-state index contributed by atoms with van der Waals surface area (Å²) >= 11 is 0. The van der Waals surface area contributed by atoms with Crippen LogP contribution < -0.4 is 81.2 Å². The lowest BCUT2D eigenvalue weighted by molar-refractivity contribution is -0.254. The Kier molecular flexibility index (Phi) is 46.2. The van der Waals surface area contributed by atoms with E-state index in [2.05, 4.69) is 152 Å². The number of amides is 1. The van der Waals surface area contributed by atoms with E-state index < -0.39 is 231 Å². The van der Waals surface area contributed by atoms with E-state index in [-0.39, 0.29) is 116 Å². The van der Waals surface area contributed by atoms with Crippen LogP contribution in [0.4, 0.5) is 17.5 Å². The van der Waals surface area contributed by atoms with Crippen LogP contribution in [0.1, 0.15) is 121 Å². The molecule has 77 nitrogen and oxygen atoms in total. The molecule has 6 aliphatic rings. The Balaban J connectivity index is 0.000000266. The molecule has 0 aromatic carbocycles. The number of aromatic nitrogens is 8. The summed E-state index contributed by atoms with van der Waals surface area (Å²) in [6.45, 7) is 4.24. The highest BCUT2D eigenvalue weighted by molar-refractivity contribution is 7.67. The number of carbonyl (C=O) groups is 2. The van der Waals surface area contributed by atoms with E-state index >= 15 is 0 Å². The highest BCUT2D eigenvalue weighted by atomic mass is 31.3. The number of aliphatic imine (C=N–C) groups is 1. The number of nitriles is 1. The molecule has 10 heterocycles. The van der Waals surface area contributed by atoms with E-state index in [9.17, 15) is 128 Å². The van der Waals surface area contributed by atoms with Crippen LogP contribution in [0.15, 0.2) is 85.7 Å². The number of nitrogens with zero attached hydrogens (tertiary/aromatic N) is 23. The van der Waals surface area contributed by atoms with Crippen molar-refractivity contribution in [1.29, 1.82) is 5.26 Å². The summed E-state index contributed by atoms with van der Waals surface area (Å²) in [5, 5.41) is 24.9. The van der Waals surface area contributed by atoms with Crippen LogP contribution in [0.5, 0.6) is 0 Å². The third-order valence-electron chi connectivity index (χ3n) is 18.1. The summed E-state index contributed by atoms with van der Waals surface area (Å²) in [6, 6.07) is 3.12. The summed E-state index contributed by atoms with van der Waals surface area (Å²) in [4.78, 5) is 241. The van der Waals surface area contributed by atoms with Gasteiger partial charge in [0.25, 0.3) is 99.8 Å². The van der Waals surface area contributed by atoms with Crippen LogP contribution in [-0.4, -0.2) is 187 Å². The number of hydrogen-bond donors (Lipinski definition) is 7. The molecule has 19 unspecified atom stereocenters. The minimum absolute atomic E-state index is 0.0113. The van der Waals surface area contributed by atoms with E-state index in [1.54, 1.807) is 13.8 Å². The summed E-state index contributed by atoms with van der Waals surface area (Å²) in [7, 11) is -71.2. The van der Waals surface area contributed by atoms with Gasteiger partial charge >= 0.3 is 5.69 Å². The molecule has 4 saturated heterocycles. The standard InChI is InChI=1S/C16H23N8O12P3.C15H23N6O13P3.C14H21N6O13P3.C13H19N6O13P3/c1-2-3-4-5-12(22-23-18)33-10-6-13(24-9-21-14-15(17)19-8-20-16(14)24)34-11(10)7-32-38(28,29)36-39(30,31)35-37(25,26)27;1-9-7-21(10(2)18-15(9)22)14-6-11(31-13(19-20-17)4-3-5-16)12(32-14)8-30-36(26,27)34-37(28,29)33-35(23,24)25;1-2-3-4-12(18-19-16)30-9-7-13(20-6-5-11(15)17-14(20)21)31-10(9)8-29-35(25,26)33-36(27,28)32-34(22,23)24;1-7-2-8(20)12-13(17-7)19(5-15-12)11-3-9(28-6-16-18-14)10(30-11)4-29-34(24,25)32-35(26,27)31-33(21,22)23/h8-13H,4-7H2,1H3,(H,28,29)(H,30,31)(H2,17,19,20)(H2,25,26,27);7,11-14H,2-4,6,8H2,1H3,(H,18,22)(H,26,27)(H,28,29)(H2,23,24,25);1,5-6,9-10,12-13H,3-4,7-8H2,(H,25,26)(H,27,28)(H2,15,17,21)(H2,22,23,24);5,9-11H,2-4,6H2,1H3,(H,24,25)(H,26,27)(H2,21,22,23)/p-12/t10?,11-,12?,13-;11?,12-,13?,14-;9?,10-,12?,13-;9?,10-,11-/m1111/s1. The number of hydrogen-bond acceptors (Lipinski definition) is 61. The van der Waals surface area contributed by atoms with Crippen molar-refractivity contribution in [2.45, 2.75) is 184 Å². The maximum atomic E-state index is 12.2. The van der Waals surface area contributed by atoms with Crippen molar-refractivity contribution in [2.24, 2.45) is 25.4 Å². The number of phosphoric acid groups is 12. The van der Waals surface area contributed by atoms with Crippen LogP contribution >= 0.6 is 93.9 Å². The van der Waals surface area contributed by atoms with Crippen molar-refractivity contribution < 1.29 is 233 Å². The Hall–Kier alpha value is -8.50. The van der Waals surface area contributed by atoms with Gasteiger partial charge in [-0.2, -0.15) is 10.2 Å². The third kappa shape index (κ3) is 42.6. The first-order chi connectivity index (χ1) is 68.1. The molecule has 10 rings (SSSR count). The Labute approximate surface area is 821 Å². The van der Waals surface area contributed by atoms with Gasteiger partial charge in [-0.3, -0.25) is 78.1 Å². The van der Waals surface area contributed by atoms with Gasteiger partial charge in [-0.05, 0) is 68.2 Å². The fourth-order valence-electron chi connectivity index (χ4n) is 12.6. The topological polar surface area (TPSA) is 1180 Å². The van der Waals surface area contributed by atoms with Crippen molar-refractivity contribution in [1.82, 2.24) is 48.8 Å². The monoisotopic (exact) mass is 2320 g/mol. The molecule has 0 bridgehead atoms. The fourth-order valence-corrected chi connectivity index (χ4v) is 24.2. The van der Waals surface area contributed by atoms with E-state index in [1.807, 2.05) is 6.07 Å². The zero-order chi connectivity index (χ0) is 110.